The summed E-state index contributed by atoms with van der Waals surface area (Å²) in [5, 5.41) is 6.17. The molecule has 8 nitrogen and oxygen atoms in total. The third-order valence-corrected chi connectivity index (χ3v) is 5.32. The minimum atomic E-state index is -0.313. The summed E-state index contributed by atoms with van der Waals surface area (Å²) in [5.74, 6) is 0.737. The molecule has 8 heteroatoms. The van der Waals surface area contributed by atoms with Gasteiger partial charge in [0.2, 0.25) is 0 Å². The number of methoxy groups -OCH3 is 1. The van der Waals surface area contributed by atoms with E-state index in [1.54, 1.807) is 42.4 Å². The Morgan fingerprint density at radius 1 is 1.23 bits per heavy atom. The lowest BCUT2D eigenvalue weighted by atomic mass is 10.1. The fourth-order valence-corrected chi connectivity index (χ4v) is 3.55. The van der Waals surface area contributed by atoms with E-state index in [0.717, 1.165) is 39.0 Å². The number of piperazine rings is 1. The van der Waals surface area contributed by atoms with Crippen molar-refractivity contribution in [2.45, 2.75) is 19.8 Å². The van der Waals surface area contributed by atoms with E-state index in [1.165, 1.54) is 7.11 Å². The van der Waals surface area contributed by atoms with E-state index in [4.69, 9.17) is 4.74 Å². The molecule has 2 N–H and O–H groups in total. The molecule has 2 amide bonds. The number of unbranched alkanes of at least 4 members (excludes halogenated alkanes) is 1. The van der Waals surface area contributed by atoms with E-state index in [1.807, 2.05) is 6.07 Å². The van der Waals surface area contributed by atoms with Gasteiger partial charge in [-0.1, -0.05) is 25.5 Å². The Morgan fingerprint density at radius 2 is 1.97 bits per heavy atom. The SMILES string of the molecule is CCCCN(C)C(=O)c1cc(NC(=O)c2ccccc2OC)cnc1N1CCNCC1. The van der Waals surface area contributed by atoms with Crippen molar-refractivity contribution in [3.8, 4) is 5.75 Å². The van der Waals surface area contributed by atoms with Crippen molar-refractivity contribution in [2.24, 2.45) is 0 Å². The Kier molecular flexibility index (Phi) is 7.83. The first kappa shape index (κ1) is 22.6. The lowest BCUT2D eigenvalue weighted by Crippen LogP contribution is -2.45. The van der Waals surface area contributed by atoms with Crippen LogP contribution in [-0.2, 0) is 0 Å². The zero-order valence-corrected chi connectivity index (χ0v) is 18.5. The maximum atomic E-state index is 13.2. The Labute approximate surface area is 183 Å². The summed E-state index contributed by atoms with van der Waals surface area (Å²) in [6.45, 7) is 6.01. The lowest BCUT2D eigenvalue weighted by molar-refractivity contribution is 0.0793. The number of rotatable bonds is 8. The quantitative estimate of drug-likeness (QED) is 0.676. The third-order valence-electron chi connectivity index (χ3n) is 5.32. The number of anilines is 2. The molecule has 0 bridgehead atoms. The van der Waals surface area contributed by atoms with E-state index >= 15 is 0 Å². The van der Waals surface area contributed by atoms with Gasteiger partial charge in [-0.05, 0) is 24.6 Å². The van der Waals surface area contributed by atoms with Crippen LogP contribution in [0.1, 0.15) is 40.5 Å². The van der Waals surface area contributed by atoms with Crippen LogP contribution in [0.25, 0.3) is 0 Å². The molecule has 0 aliphatic carbocycles. The van der Waals surface area contributed by atoms with Crippen LogP contribution in [0.2, 0.25) is 0 Å². The average Bonchev–Trinajstić information content (AvgIpc) is 2.82. The number of hydrogen-bond donors (Lipinski definition) is 2. The number of aromatic nitrogens is 1. The molecular weight excluding hydrogens is 394 g/mol. The fourth-order valence-electron chi connectivity index (χ4n) is 3.55. The molecule has 0 saturated carbocycles. The second kappa shape index (κ2) is 10.8. The van der Waals surface area contributed by atoms with Crippen LogP contribution in [0.4, 0.5) is 11.5 Å². The number of para-hydroxylation sites is 1. The molecule has 0 spiro atoms. The van der Waals surface area contributed by atoms with Gasteiger partial charge in [-0.25, -0.2) is 4.98 Å². The van der Waals surface area contributed by atoms with Crippen molar-refractivity contribution in [2.75, 3.05) is 57.1 Å². The first-order chi connectivity index (χ1) is 15.0. The Hall–Kier alpha value is -3.13. The summed E-state index contributed by atoms with van der Waals surface area (Å²) in [5.41, 5.74) is 1.39. The average molecular weight is 426 g/mol. The maximum absolute atomic E-state index is 13.2. The van der Waals surface area contributed by atoms with E-state index in [9.17, 15) is 9.59 Å². The predicted octanol–water partition coefficient (Wildman–Crippen LogP) is 2.62. The first-order valence-corrected chi connectivity index (χ1v) is 10.7. The number of hydrogen-bond acceptors (Lipinski definition) is 6. The number of benzene rings is 1. The van der Waals surface area contributed by atoms with Crippen LogP contribution in [0.5, 0.6) is 5.75 Å². The molecule has 2 aromatic rings. The van der Waals surface area contributed by atoms with Crippen molar-refractivity contribution in [3.63, 3.8) is 0 Å². The normalized spacial score (nSPS) is 13.6. The molecule has 1 aromatic heterocycles. The zero-order chi connectivity index (χ0) is 22.2. The highest BCUT2D eigenvalue weighted by Crippen LogP contribution is 2.25. The van der Waals surface area contributed by atoms with Crippen LogP contribution in [0, 0.1) is 0 Å². The molecule has 31 heavy (non-hydrogen) atoms. The van der Waals surface area contributed by atoms with Crippen LogP contribution in [-0.4, -0.2) is 68.6 Å². The number of nitrogens with one attached hydrogen (secondary N) is 2. The van der Waals surface area contributed by atoms with E-state index in [0.29, 0.717) is 34.9 Å². The van der Waals surface area contributed by atoms with Crippen LogP contribution in [0.3, 0.4) is 0 Å². The van der Waals surface area contributed by atoms with Crippen molar-refractivity contribution >= 4 is 23.3 Å². The second-order valence-electron chi connectivity index (χ2n) is 7.57. The van der Waals surface area contributed by atoms with Gasteiger partial charge in [0.05, 0.1) is 30.1 Å². The number of pyridine rings is 1. The molecule has 3 rings (SSSR count). The third kappa shape index (κ3) is 5.52. The maximum Gasteiger partial charge on any atom is 0.259 e. The molecule has 1 fully saturated rings. The molecule has 0 atom stereocenters. The van der Waals surface area contributed by atoms with Crippen LogP contribution in [0.15, 0.2) is 36.5 Å². The number of carbonyl (C=O) groups excluding carboxylic acids is 2. The molecule has 2 heterocycles. The highest BCUT2D eigenvalue weighted by Gasteiger charge is 2.23. The summed E-state index contributed by atoms with van der Waals surface area (Å²) >= 11 is 0. The Balaban J connectivity index is 1.89. The highest BCUT2D eigenvalue weighted by molar-refractivity contribution is 6.07. The molecule has 166 valence electrons. The molecule has 1 aliphatic rings. The standard InChI is InChI=1S/C23H31N5O3/c1-4-5-12-27(2)23(30)19-15-17(16-25-21(19)28-13-10-24-11-14-28)26-22(29)18-8-6-7-9-20(18)31-3/h6-9,15-16,24H,4-5,10-14H2,1-3H3,(H,26,29). The summed E-state index contributed by atoms with van der Waals surface area (Å²) in [6.07, 6.45) is 3.55. The van der Waals surface area contributed by atoms with Crippen molar-refractivity contribution in [1.82, 2.24) is 15.2 Å². The van der Waals surface area contributed by atoms with Gasteiger partial charge in [0, 0.05) is 39.8 Å². The first-order valence-electron chi connectivity index (χ1n) is 10.7. The largest absolute Gasteiger partial charge is 0.496 e. The van der Waals surface area contributed by atoms with Gasteiger partial charge in [-0.15, -0.1) is 0 Å². The fraction of sp³-hybridized carbons (Fsp3) is 0.435. The van der Waals surface area contributed by atoms with Gasteiger partial charge in [0.1, 0.15) is 11.6 Å². The minimum absolute atomic E-state index is 0.0946. The molecular formula is C23H31N5O3. The molecule has 0 radical (unpaired) electrons. The lowest BCUT2D eigenvalue weighted by Gasteiger charge is -2.30. The van der Waals surface area contributed by atoms with Crippen molar-refractivity contribution in [1.29, 1.82) is 0 Å². The van der Waals surface area contributed by atoms with Gasteiger partial charge in [0.25, 0.3) is 11.8 Å². The monoisotopic (exact) mass is 425 g/mol. The second-order valence-corrected chi connectivity index (χ2v) is 7.57. The smallest absolute Gasteiger partial charge is 0.259 e. The van der Waals surface area contributed by atoms with Gasteiger partial charge < -0.3 is 25.2 Å². The summed E-state index contributed by atoms with van der Waals surface area (Å²) in [4.78, 5) is 34.5. The number of ether oxygens (including phenoxy) is 1. The number of nitrogens with zero attached hydrogens (tertiary/aromatic N) is 3. The molecule has 0 unspecified atom stereocenters. The van der Waals surface area contributed by atoms with Gasteiger partial charge in [0.15, 0.2) is 0 Å². The van der Waals surface area contributed by atoms with E-state index < -0.39 is 0 Å². The summed E-state index contributed by atoms with van der Waals surface area (Å²) < 4.78 is 5.28. The number of amides is 2. The molecule has 1 aliphatic heterocycles. The van der Waals surface area contributed by atoms with Gasteiger partial charge in [-0.2, -0.15) is 0 Å². The minimum Gasteiger partial charge on any atom is -0.496 e. The zero-order valence-electron chi connectivity index (χ0n) is 18.5. The van der Waals surface area contributed by atoms with Gasteiger partial charge in [-0.3, -0.25) is 9.59 Å². The van der Waals surface area contributed by atoms with Crippen LogP contribution >= 0.6 is 0 Å². The van der Waals surface area contributed by atoms with Gasteiger partial charge >= 0.3 is 0 Å². The van der Waals surface area contributed by atoms with E-state index in [-0.39, 0.29) is 11.8 Å². The highest BCUT2D eigenvalue weighted by atomic mass is 16.5. The summed E-state index contributed by atoms with van der Waals surface area (Å²) in [6, 6.07) is 8.74. The Bertz CT molecular complexity index is 912. The van der Waals surface area contributed by atoms with Crippen molar-refractivity contribution in [3.05, 3.63) is 47.7 Å². The van der Waals surface area contributed by atoms with E-state index in [2.05, 4.69) is 27.4 Å². The summed E-state index contributed by atoms with van der Waals surface area (Å²) in [7, 11) is 3.33. The Morgan fingerprint density at radius 3 is 2.68 bits per heavy atom. The van der Waals surface area contributed by atoms with Crippen LogP contribution < -0.4 is 20.3 Å². The van der Waals surface area contributed by atoms with Crippen molar-refractivity contribution < 1.29 is 14.3 Å². The molecule has 1 saturated heterocycles. The topological polar surface area (TPSA) is 86.8 Å². The number of carbonyl (C=O) groups is 2. The molecule has 1 aromatic carbocycles. The predicted molar refractivity (Wildman–Crippen MR) is 122 cm³/mol.